The zero-order valence-corrected chi connectivity index (χ0v) is 18.3. The number of carbonyl (C=O) groups excluding carboxylic acids is 1. The third-order valence-electron chi connectivity index (χ3n) is 5.45. The highest BCUT2D eigenvalue weighted by atomic mass is 32.2. The Morgan fingerprint density at radius 1 is 1.12 bits per heavy atom. The van der Waals surface area contributed by atoms with E-state index in [9.17, 15) is 22.0 Å². The van der Waals surface area contributed by atoms with Crippen molar-refractivity contribution in [2.75, 3.05) is 26.2 Å². The van der Waals surface area contributed by atoms with E-state index in [0.29, 0.717) is 18.8 Å². The Balaban J connectivity index is 1.32. The van der Waals surface area contributed by atoms with Gasteiger partial charge in [-0.2, -0.15) is 18.2 Å². The molecule has 9 nitrogen and oxygen atoms in total. The average molecular weight is 468 g/mol. The van der Waals surface area contributed by atoms with Crippen LogP contribution in [0.1, 0.15) is 11.4 Å². The quantitative estimate of drug-likeness (QED) is 0.604. The van der Waals surface area contributed by atoms with Crippen molar-refractivity contribution in [3.63, 3.8) is 0 Å². The van der Waals surface area contributed by atoms with Crippen molar-refractivity contribution >= 4 is 16.1 Å². The zero-order chi connectivity index (χ0) is 23.0. The standard InChI is InChI=1S/C20H22F2N4O5S/c1-13-7-16(23-24(13)2)12-30-20(27)25-8-14-10-26(11-15(14)9-25)32(28,29)18-5-3-17(4-6-18)31-19(21)22/h3-7,19H,8-12H2,1-2H3. The molecule has 0 bridgehead atoms. The summed E-state index contributed by atoms with van der Waals surface area (Å²) in [7, 11) is -2.00. The molecular formula is C20H22F2N4O5S. The van der Waals surface area contributed by atoms with Crippen molar-refractivity contribution in [1.82, 2.24) is 19.0 Å². The first-order chi connectivity index (χ1) is 15.1. The minimum Gasteiger partial charge on any atom is -0.443 e. The van der Waals surface area contributed by atoms with Crippen LogP contribution in [0.3, 0.4) is 0 Å². The average Bonchev–Trinajstić information content (AvgIpc) is 3.40. The number of alkyl halides is 2. The molecule has 0 radical (unpaired) electrons. The molecule has 0 atom stereocenters. The van der Waals surface area contributed by atoms with Gasteiger partial charge in [-0.3, -0.25) is 4.68 Å². The van der Waals surface area contributed by atoms with Crippen LogP contribution in [-0.2, 0) is 28.4 Å². The fraction of sp³-hybridized carbons (Fsp3) is 0.400. The number of carbonyl (C=O) groups is 1. The smallest absolute Gasteiger partial charge is 0.410 e. The largest absolute Gasteiger partial charge is 0.443 e. The number of rotatable bonds is 6. The number of benzene rings is 1. The fourth-order valence-corrected chi connectivity index (χ4v) is 5.15. The fourth-order valence-electron chi connectivity index (χ4n) is 3.72. The number of aryl methyl sites for hydroxylation is 2. The molecule has 0 saturated carbocycles. The Bertz CT molecular complexity index is 1120. The maximum Gasteiger partial charge on any atom is 0.410 e. The molecule has 4 rings (SSSR count). The number of nitrogens with zero attached hydrogens (tertiary/aromatic N) is 4. The zero-order valence-electron chi connectivity index (χ0n) is 17.5. The van der Waals surface area contributed by atoms with Crippen molar-refractivity contribution in [2.24, 2.45) is 7.05 Å². The first kappa shape index (κ1) is 22.2. The molecule has 2 aromatic rings. The van der Waals surface area contributed by atoms with Gasteiger partial charge in [-0.15, -0.1) is 0 Å². The Kier molecular flexibility index (Phi) is 5.91. The maximum atomic E-state index is 12.9. The highest BCUT2D eigenvalue weighted by Gasteiger charge is 2.38. The predicted molar refractivity (Wildman–Crippen MR) is 109 cm³/mol. The SMILES string of the molecule is Cc1cc(COC(=O)N2CC3=C(C2)CN(S(=O)(=O)c2ccc(OC(F)F)cc2)C3)nn1C. The molecule has 3 heterocycles. The lowest BCUT2D eigenvalue weighted by atomic mass is 10.2. The van der Waals surface area contributed by atoms with E-state index in [2.05, 4.69) is 9.84 Å². The van der Waals surface area contributed by atoms with Gasteiger partial charge in [-0.25, -0.2) is 13.2 Å². The number of hydrogen-bond acceptors (Lipinski definition) is 6. The van der Waals surface area contributed by atoms with Gasteiger partial charge in [-0.1, -0.05) is 0 Å². The van der Waals surface area contributed by atoms with E-state index in [-0.39, 0.29) is 30.3 Å². The second-order valence-electron chi connectivity index (χ2n) is 7.64. The number of halogens is 2. The van der Waals surface area contributed by atoms with E-state index in [4.69, 9.17) is 4.74 Å². The summed E-state index contributed by atoms with van der Waals surface area (Å²) in [6.07, 6.45) is -0.480. The molecule has 32 heavy (non-hydrogen) atoms. The second-order valence-corrected chi connectivity index (χ2v) is 9.58. The van der Waals surface area contributed by atoms with Gasteiger partial charge in [0.2, 0.25) is 10.0 Å². The molecule has 2 aliphatic heterocycles. The highest BCUT2D eigenvalue weighted by molar-refractivity contribution is 7.89. The molecule has 0 aliphatic carbocycles. The number of hydrogen-bond donors (Lipinski definition) is 0. The molecule has 172 valence electrons. The number of sulfonamides is 1. The van der Waals surface area contributed by atoms with Crippen LogP contribution >= 0.6 is 0 Å². The van der Waals surface area contributed by atoms with Crippen LogP contribution < -0.4 is 4.74 Å². The van der Waals surface area contributed by atoms with Crippen molar-refractivity contribution < 1.29 is 31.5 Å². The topological polar surface area (TPSA) is 94.0 Å². The molecule has 0 spiro atoms. The van der Waals surface area contributed by atoms with Crippen LogP contribution in [0.5, 0.6) is 5.75 Å². The van der Waals surface area contributed by atoms with Gasteiger partial charge in [-0.05, 0) is 48.4 Å². The number of ether oxygens (including phenoxy) is 2. The van der Waals surface area contributed by atoms with E-state index >= 15 is 0 Å². The van der Waals surface area contributed by atoms with E-state index in [1.807, 2.05) is 13.0 Å². The number of amides is 1. The molecule has 1 amide bonds. The summed E-state index contributed by atoms with van der Waals surface area (Å²) >= 11 is 0. The first-order valence-corrected chi connectivity index (χ1v) is 11.2. The minimum absolute atomic E-state index is 0.0118. The lowest BCUT2D eigenvalue weighted by molar-refractivity contribution is -0.0498. The lowest BCUT2D eigenvalue weighted by Gasteiger charge is -2.22. The van der Waals surface area contributed by atoms with Gasteiger partial charge in [0.1, 0.15) is 18.1 Å². The normalized spacial score (nSPS) is 16.7. The third-order valence-corrected chi connectivity index (χ3v) is 7.26. The predicted octanol–water partition coefficient (Wildman–Crippen LogP) is 2.28. The summed E-state index contributed by atoms with van der Waals surface area (Å²) in [6, 6.07) is 6.69. The summed E-state index contributed by atoms with van der Waals surface area (Å²) in [4.78, 5) is 13.9. The van der Waals surface area contributed by atoms with Crippen molar-refractivity contribution in [3.05, 3.63) is 52.9 Å². The van der Waals surface area contributed by atoms with Crippen LogP contribution in [0, 0.1) is 6.92 Å². The highest BCUT2D eigenvalue weighted by Crippen LogP contribution is 2.31. The Morgan fingerprint density at radius 2 is 1.75 bits per heavy atom. The Hall–Kier alpha value is -2.99. The summed E-state index contributed by atoms with van der Waals surface area (Å²) in [5.41, 5.74) is 3.32. The maximum absolute atomic E-state index is 12.9. The van der Waals surface area contributed by atoms with Gasteiger partial charge in [0, 0.05) is 38.9 Å². The van der Waals surface area contributed by atoms with Crippen molar-refractivity contribution in [3.8, 4) is 5.75 Å². The van der Waals surface area contributed by atoms with Crippen LogP contribution in [-0.4, -0.2) is 66.3 Å². The molecule has 1 aromatic heterocycles. The lowest BCUT2D eigenvalue weighted by Crippen LogP contribution is -2.36. The van der Waals surface area contributed by atoms with Gasteiger partial charge in [0.25, 0.3) is 0 Å². The molecule has 0 saturated heterocycles. The second kappa shape index (κ2) is 8.51. The number of aromatic nitrogens is 2. The van der Waals surface area contributed by atoms with Crippen LogP contribution in [0.25, 0.3) is 0 Å². The summed E-state index contributed by atoms with van der Waals surface area (Å²) in [6.45, 7) is -0.102. The Morgan fingerprint density at radius 3 is 2.28 bits per heavy atom. The molecule has 0 fully saturated rings. The minimum atomic E-state index is -3.81. The van der Waals surface area contributed by atoms with Crippen LogP contribution in [0.15, 0.2) is 46.4 Å². The van der Waals surface area contributed by atoms with Crippen LogP contribution in [0.2, 0.25) is 0 Å². The van der Waals surface area contributed by atoms with Gasteiger partial charge in [0.15, 0.2) is 0 Å². The van der Waals surface area contributed by atoms with Gasteiger partial charge in [0.05, 0.1) is 4.90 Å². The van der Waals surface area contributed by atoms with Gasteiger partial charge >= 0.3 is 12.7 Å². The van der Waals surface area contributed by atoms with Crippen molar-refractivity contribution in [1.29, 1.82) is 0 Å². The molecule has 1 aromatic carbocycles. The van der Waals surface area contributed by atoms with E-state index in [0.717, 1.165) is 16.8 Å². The van der Waals surface area contributed by atoms with E-state index in [1.165, 1.54) is 33.5 Å². The molecule has 0 unspecified atom stereocenters. The van der Waals surface area contributed by atoms with Crippen molar-refractivity contribution in [2.45, 2.75) is 25.0 Å². The summed E-state index contributed by atoms with van der Waals surface area (Å²) in [5.74, 6) is -0.115. The molecular weight excluding hydrogens is 446 g/mol. The monoisotopic (exact) mass is 468 g/mol. The summed E-state index contributed by atoms with van der Waals surface area (Å²) in [5, 5.41) is 4.24. The molecule has 12 heteroatoms. The first-order valence-electron chi connectivity index (χ1n) is 9.79. The summed E-state index contributed by atoms with van der Waals surface area (Å²) < 4.78 is 62.9. The Labute approximate surface area is 183 Å². The third kappa shape index (κ3) is 4.46. The van der Waals surface area contributed by atoms with E-state index in [1.54, 1.807) is 11.7 Å². The molecule has 0 N–H and O–H groups in total. The van der Waals surface area contributed by atoms with E-state index < -0.39 is 22.7 Å². The van der Waals surface area contributed by atoms with Gasteiger partial charge < -0.3 is 14.4 Å². The molecule has 2 aliphatic rings. The van der Waals surface area contributed by atoms with Crippen LogP contribution in [0.4, 0.5) is 13.6 Å².